The first kappa shape index (κ1) is 20.0. The molecule has 2 fully saturated rings. The van der Waals surface area contributed by atoms with E-state index in [0.717, 1.165) is 25.7 Å². The van der Waals surface area contributed by atoms with Crippen molar-refractivity contribution < 1.29 is 19.8 Å². The molecule has 144 valence electrons. The van der Waals surface area contributed by atoms with E-state index in [1.54, 1.807) is 0 Å². The highest BCUT2D eigenvalue weighted by molar-refractivity contribution is 5.74. The number of nitrogens with zero attached hydrogens (tertiary/aromatic N) is 1. The van der Waals surface area contributed by atoms with Crippen LogP contribution in [0.3, 0.4) is 0 Å². The molecule has 4 N–H and O–H groups in total. The van der Waals surface area contributed by atoms with Gasteiger partial charge in [0.1, 0.15) is 0 Å². The Labute approximate surface area is 150 Å². The lowest BCUT2D eigenvalue weighted by molar-refractivity contribution is -0.139. The third-order valence-corrected chi connectivity index (χ3v) is 5.79. The van der Waals surface area contributed by atoms with E-state index in [1.807, 2.05) is 11.8 Å². The predicted molar refractivity (Wildman–Crippen MR) is 95.4 cm³/mol. The van der Waals surface area contributed by atoms with Gasteiger partial charge in [0.05, 0.1) is 6.54 Å². The van der Waals surface area contributed by atoms with E-state index in [2.05, 4.69) is 10.6 Å². The topological polar surface area (TPSA) is 102 Å². The summed E-state index contributed by atoms with van der Waals surface area (Å²) in [5, 5.41) is 24.4. The number of nitrogens with one attached hydrogen (secondary N) is 2. The maximum atomic E-state index is 12.1. The van der Waals surface area contributed by atoms with Crippen LogP contribution in [-0.4, -0.2) is 65.4 Å². The third kappa shape index (κ3) is 6.15. The minimum absolute atomic E-state index is 0.0552. The van der Waals surface area contributed by atoms with Crippen LogP contribution in [0.1, 0.15) is 51.9 Å². The Balaban J connectivity index is 1.65. The molecule has 2 amide bonds. The number of amides is 2. The van der Waals surface area contributed by atoms with E-state index < -0.39 is 5.97 Å². The number of carbonyl (C=O) groups is 2. The Morgan fingerprint density at radius 1 is 1.20 bits per heavy atom. The lowest BCUT2D eigenvalue weighted by atomic mass is 9.80. The van der Waals surface area contributed by atoms with Crippen LogP contribution in [0.25, 0.3) is 0 Å². The number of likely N-dealkylation sites (N-methyl/N-ethyl adjacent to an activating group) is 1. The molecule has 0 aromatic rings. The normalized spacial score (nSPS) is 25.2. The highest BCUT2D eigenvalue weighted by Crippen LogP contribution is 2.29. The Kier molecular flexibility index (Phi) is 7.96. The molecule has 0 bridgehead atoms. The number of hydrogen-bond acceptors (Lipinski definition) is 4. The first-order valence-electron chi connectivity index (χ1n) is 9.64. The van der Waals surface area contributed by atoms with Crippen molar-refractivity contribution in [3.05, 3.63) is 0 Å². The number of aliphatic hydroxyl groups is 1. The van der Waals surface area contributed by atoms with Gasteiger partial charge in [0.25, 0.3) is 0 Å². The summed E-state index contributed by atoms with van der Waals surface area (Å²) >= 11 is 0. The molecule has 7 nitrogen and oxygen atoms in total. The summed E-state index contributed by atoms with van der Waals surface area (Å²) in [7, 11) is 0. The Morgan fingerprint density at radius 2 is 1.88 bits per heavy atom. The molecule has 7 heteroatoms. The quantitative estimate of drug-likeness (QED) is 0.501. The summed E-state index contributed by atoms with van der Waals surface area (Å²) in [6.45, 7) is 3.35. The van der Waals surface area contributed by atoms with Crippen molar-refractivity contribution in [2.45, 2.75) is 64.0 Å². The standard InChI is InChI=1S/C18H33N3O4/c1-2-21(11-17(23)24)16-8-15(9-16)20-18(25)19-10-14(12-22)13-6-4-3-5-7-13/h13-16,22H,2-12H2,1H3,(H,23,24)(H2,19,20,25). The van der Waals surface area contributed by atoms with Gasteiger partial charge in [-0.1, -0.05) is 39.0 Å². The van der Waals surface area contributed by atoms with Gasteiger partial charge in [-0.05, 0) is 25.3 Å². The maximum Gasteiger partial charge on any atom is 0.317 e. The summed E-state index contributed by atoms with van der Waals surface area (Å²) in [5.74, 6) is -0.152. The average Bonchev–Trinajstić information content (AvgIpc) is 2.57. The second-order valence-electron chi connectivity index (χ2n) is 7.47. The predicted octanol–water partition coefficient (Wildman–Crippen LogP) is 1.41. The SMILES string of the molecule is CCN(CC(=O)O)C1CC(NC(=O)NCC(CO)C2CCCCC2)C1. The largest absolute Gasteiger partial charge is 0.480 e. The highest BCUT2D eigenvalue weighted by atomic mass is 16.4. The molecule has 0 heterocycles. The fraction of sp³-hybridized carbons (Fsp3) is 0.889. The fourth-order valence-electron chi connectivity index (χ4n) is 4.12. The summed E-state index contributed by atoms with van der Waals surface area (Å²) in [5.41, 5.74) is 0. The van der Waals surface area contributed by atoms with Crippen LogP contribution in [0.15, 0.2) is 0 Å². The number of carbonyl (C=O) groups excluding carboxylic acids is 1. The highest BCUT2D eigenvalue weighted by Gasteiger charge is 2.34. The van der Waals surface area contributed by atoms with Gasteiger partial charge in [-0.25, -0.2) is 4.79 Å². The minimum Gasteiger partial charge on any atom is -0.480 e. The van der Waals surface area contributed by atoms with Crippen LogP contribution in [0.5, 0.6) is 0 Å². The first-order chi connectivity index (χ1) is 12.0. The number of carboxylic acids is 1. The van der Waals surface area contributed by atoms with Gasteiger partial charge in [-0.15, -0.1) is 0 Å². The molecule has 0 radical (unpaired) electrons. The zero-order chi connectivity index (χ0) is 18.2. The molecule has 1 unspecified atom stereocenters. The molecule has 0 aromatic heterocycles. The van der Waals surface area contributed by atoms with E-state index in [0.29, 0.717) is 19.0 Å². The van der Waals surface area contributed by atoms with Crippen LogP contribution in [0, 0.1) is 11.8 Å². The Morgan fingerprint density at radius 3 is 2.44 bits per heavy atom. The molecular formula is C18H33N3O4. The molecule has 2 aliphatic rings. The Hall–Kier alpha value is -1.34. The Bertz CT molecular complexity index is 434. The van der Waals surface area contributed by atoms with E-state index in [1.165, 1.54) is 19.3 Å². The second-order valence-corrected chi connectivity index (χ2v) is 7.47. The van der Waals surface area contributed by atoms with Crippen molar-refractivity contribution in [3.8, 4) is 0 Å². The molecule has 0 saturated heterocycles. The summed E-state index contributed by atoms with van der Waals surface area (Å²) in [4.78, 5) is 24.8. The number of aliphatic hydroxyl groups excluding tert-OH is 1. The van der Waals surface area contributed by atoms with Gasteiger partial charge in [0, 0.05) is 31.2 Å². The maximum absolute atomic E-state index is 12.1. The van der Waals surface area contributed by atoms with Crippen molar-refractivity contribution in [2.75, 3.05) is 26.2 Å². The van der Waals surface area contributed by atoms with Gasteiger partial charge >= 0.3 is 12.0 Å². The average molecular weight is 355 g/mol. The van der Waals surface area contributed by atoms with Gasteiger partial charge in [-0.2, -0.15) is 0 Å². The van der Waals surface area contributed by atoms with Crippen LogP contribution in [-0.2, 0) is 4.79 Å². The lowest BCUT2D eigenvalue weighted by Gasteiger charge is -2.42. The van der Waals surface area contributed by atoms with E-state index in [4.69, 9.17) is 5.11 Å². The molecule has 2 saturated carbocycles. The number of aliphatic carboxylic acids is 1. The number of urea groups is 1. The van der Waals surface area contributed by atoms with Gasteiger partial charge in [0.15, 0.2) is 0 Å². The zero-order valence-electron chi connectivity index (χ0n) is 15.2. The van der Waals surface area contributed by atoms with Crippen molar-refractivity contribution in [2.24, 2.45) is 11.8 Å². The smallest absolute Gasteiger partial charge is 0.317 e. The first-order valence-corrected chi connectivity index (χ1v) is 9.64. The monoisotopic (exact) mass is 355 g/mol. The third-order valence-electron chi connectivity index (χ3n) is 5.79. The summed E-state index contributed by atoms with van der Waals surface area (Å²) in [6.07, 6.45) is 7.61. The zero-order valence-corrected chi connectivity index (χ0v) is 15.2. The van der Waals surface area contributed by atoms with Crippen molar-refractivity contribution in [3.63, 3.8) is 0 Å². The molecule has 2 aliphatic carbocycles. The lowest BCUT2D eigenvalue weighted by Crippen LogP contribution is -2.56. The van der Waals surface area contributed by atoms with E-state index in [-0.39, 0.29) is 37.2 Å². The minimum atomic E-state index is -0.811. The van der Waals surface area contributed by atoms with E-state index in [9.17, 15) is 14.7 Å². The van der Waals surface area contributed by atoms with Crippen LogP contribution in [0.4, 0.5) is 4.79 Å². The molecule has 2 rings (SSSR count). The molecular weight excluding hydrogens is 322 g/mol. The second kappa shape index (κ2) is 9.97. The van der Waals surface area contributed by atoms with E-state index >= 15 is 0 Å². The fourth-order valence-corrected chi connectivity index (χ4v) is 4.12. The van der Waals surface area contributed by atoms with Crippen molar-refractivity contribution >= 4 is 12.0 Å². The summed E-state index contributed by atoms with van der Waals surface area (Å²) in [6, 6.07) is 0.160. The number of carboxylic acid groups (broad SMARTS) is 1. The van der Waals surface area contributed by atoms with Crippen LogP contribution >= 0.6 is 0 Å². The number of rotatable bonds is 9. The van der Waals surface area contributed by atoms with Crippen LogP contribution in [0.2, 0.25) is 0 Å². The molecule has 0 aromatic carbocycles. The summed E-state index contributed by atoms with van der Waals surface area (Å²) < 4.78 is 0. The van der Waals surface area contributed by atoms with Gasteiger partial charge < -0.3 is 20.8 Å². The molecule has 0 spiro atoms. The molecule has 25 heavy (non-hydrogen) atoms. The van der Waals surface area contributed by atoms with Crippen molar-refractivity contribution in [1.82, 2.24) is 15.5 Å². The molecule has 1 atom stereocenters. The van der Waals surface area contributed by atoms with Crippen LogP contribution < -0.4 is 10.6 Å². The number of hydrogen-bond donors (Lipinski definition) is 4. The van der Waals surface area contributed by atoms with Gasteiger partial charge in [0.2, 0.25) is 0 Å². The van der Waals surface area contributed by atoms with Gasteiger partial charge in [-0.3, -0.25) is 9.69 Å². The van der Waals surface area contributed by atoms with Crippen molar-refractivity contribution in [1.29, 1.82) is 0 Å². The molecule has 0 aliphatic heterocycles.